The van der Waals surface area contributed by atoms with Gasteiger partial charge in [-0.05, 0) is 19.0 Å². The first-order chi connectivity index (χ1) is 7.34. The van der Waals surface area contributed by atoms with E-state index in [1.54, 1.807) is 6.07 Å². The lowest BCUT2D eigenvalue weighted by Gasteiger charge is -2.06. The third kappa shape index (κ3) is 4.51. The molecule has 0 saturated carbocycles. The van der Waals surface area contributed by atoms with Gasteiger partial charge in [-0.2, -0.15) is 0 Å². The van der Waals surface area contributed by atoms with E-state index in [0.717, 1.165) is 18.5 Å². The molecule has 0 spiro atoms. The molecular formula is C12H17NO2. The molecule has 0 aliphatic heterocycles. The fraction of sp³-hybridized carbons (Fsp3) is 0.333. The summed E-state index contributed by atoms with van der Waals surface area (Å²) in [6.45, 7) is 5.68. The van der Waals surface area contributed by atoms with Crippen LogP contribution in [0.25, 0.3) is 0 Å². The molecule has 0 aromatic heterocycles. The van der Waals surface area contributed by atoms with Gasteiger partial charge in [0.25, 0.3) is 0 Å². The third-order valence-electron chi connectivity index (χ3n) is 2.04. The molecular weight excluding hydrogens is 190 g/mol. The Bertz CT molecular complexity index is 299. The Balaban J connectivity index is 2.15. The first kappa shape index (κ1) is 11.6. The third-order valence-corrected chi connectivity index (χ3v) is 2.04. The van der Waals surface area contributed by atoms with Crippen molar-refractivity contribution >= 4 is 0 Å². The van der Waals surface area contributed by atoms with Gasteiger partial charge >= 0.3 is 0 Å². The van der Waals surface area contributed by atoms with E-state index in [1.807, 2.05) is 18.2 Å². The molecule has 0 unspecified atom stereocenters. The Labute approximate surface area is 90.4 Å². The predicted molar refractivity (Wildman–Crippen MR) is 60.6 cm³/mol. The van der Waals surface area contributed by atoms with Crippen LogP contribution in [0.4, 0.5) is 0 Å². The summed E-state index contributed by atoms with van der Waals surface area (Å²) in [4.78, 5) is 0. The van der Waals surface area contributed by atoms with Gasteiger partial charge in [0.1, 0.15) is 5.75 Å². The molecule has 1 rings (SSSR count). The summed E-state index contributed by atoms with van der Waals surface area (Å²) in [5, 5.41) is 12.7. The first-order valence-corrected chi connectivity index (χ1v) is 5.04. The van der Waals surface area contributed by atoms with Gasteiger partial charge in [-0.3, -0.25) is 0 Å². The molecule has 1 aromatic carbocycles. The predicted octanol–water partition coefficient (Wildman–Crippen LogP) is 2.03. The van der Waals surface area contributed by atoms with Crippen molar-refractivity contribution in [1.82, 2.24) is 5.32 Å². The van der Waals surface area contributed by atoms with Crippen molar-refractivity contribution in [2.24, 2.45) is 0 Å². The maximum Gasteiger partial charge on any atom is 0.120 e. The highest BCUT2D eigenvalue weighted by Gasteiger charge is 1.97. The zero-order valence-corrected chi connectivity index (χ0v) is 8.78. The Morgan fingerprint density at radius 2 is 2.20 bits per heavy atom. The highest BCUT2D eigenvalue weighted by atomic mass is 16.5. The lowest BCUT2D eigenvalue weighted by Crippen LogP contribution is -2.16. The van der Waals surface area contributed by atoms with Crippen molar-refractivity contribution in [3.63, 3.8) is 0 Å². The van der Waals surface area contributed by atoms with E-state index in [-0.39, 0.29) is 0 Å². The van der Waals surface area contributed by atoms with Crippen LogP contribution in [0, 0.1) is 0 Å². The fourth-order valence-electron chi connectivity index (χ4n) is 1.25. The van der Waals surface area contributed by atoms with E-state index in [1.165, 1.54) is 6.26 Å². The maximum absolute atomic E-state index is 9.47. The summed E-state index contributed by atoms with van der Waals surface area (Å²) in [5.74, 6) is 0.340. The molecule has 0 amide bonds. The Morgan fingerprint density at radius 3 is 2.93 bits per heavy atom. The molecule has 15 heavy (non-hydrogen) atoms. The number of hydrogen-bond donors (Lipinski definition) is 2. The lowest BCUT2D eigenvalue weighted by molar-refractivity contribution is 0.244. The molecule has 0 fully saturated rings. The number of phenolic OH excluding ortho intramolecular Hbond substituents is 1. The van der Waals surface area contributed by atoms with Crippen LogP contribution in [0.5, 0.6) is 5.75 Å². The molecule has 1 aromatic rings. The van der Waals surface area contributed by atoms with Crippen LogP contribution < -0.4 is 5.32 Å². The van der Waals surface area contributed by atoms with Crippen molar-refractivity contribution in [1.29, 1.82) is 0 Å². The zero-order chi connectivity index (χ0) is 10.9. The second-order valence-corrected chi connectivity index (χ2v) is 3.20. The summed E-state index contributed by atoms with van der Waals surface area (Å²) in [6, 6.07) is 7.33. The van der Waals surface area contributed by atoms with Crippen molar-refractivity contribution in [3.8, 4) is 5.75 Å². The van der Waals surface area contributed by atoms with Crippen LogP contribution in [0.2, 0.25) is 0 Å². The molecule has 0 aliphatic rings. The van der Waals surface area contributed by atoms with Crippen molar-refractivity contribution < 1.29 is 9.84 Å². The molecule has 0 bridgehead atoms. The van der Waals surface area contributed by atoms with Crippen molar-refractivity contribution in [2.75, 3.05) is 13.2 Å². The van der Waals surface area contributed by atoms with Crippen LogP contribution in [-0.2, 0) is 11.3 Å². The molecule has 0 aliphatic carbocycles. The highest BCUT2D eigenvalue weighted by Crippen LogP contribution is 2.14. The Hall–Kier alpha value is -1.48. The van der Waals surface area contributed by atoms with Crippen LogP contribution in [0.1, 0.15) is 12.0 Å². The smallest absolute Gasteiger partial charge is 0.120 e. The summed E-state index contributed by atoms with van der Waals surface area (Å²) < 4.78 is 4.98. The number of ether oxygens (including phenoxy) is 1. The van der Waals surface area contributed by atoms with E-state index in [4.69, 9.17) is 4.74 Å². The van der Waals surface area contributed by atoms with Gasteiger partial charge in [-0.15, -0.1) is 0 Å². The summed E-state index contributed by atoms with van der Waals surface area (Å²) in [5.41, 5.74) is 0.919. The quantitative estimate of drug-likeness (QED) is 0.531. The number of hydrogen-bond acceptors (Lipinski definition) is 3. The second-order valence-electron chi connectivity index (χ2n) is 3.20. The lowest BCUT2D eigenvalue weighted by atomic mass is 10.2. The molecule has 3 heteroatoms. The Morgan fingerprint density at radius 1 is 1.40 bits per heavy atom. The second kappa shape index (κ2) is 6.90. The highest BCUT2D eigenvalue weighted by molar-refractivity contribution is 5.31. The van der Waals surface area contributed by atoms with Crippen molar-refractivity contribution in [2.45, 2.75) is 13.0 Å². The fourth-order valence-corrected chi connectivity index (χ4v) is 1.25. The van der Waals surface area contributed by atoms with Gasteiger partial charge in [-0.1, -0.05) is 24.8 Å². The van der Waals surface area contributed by atoms with E-state index >= 15 is 0 Å². The van der Waals surface area contributed by atoms with E-state index in [9.17, 15) is 5.11 Å². The molecule has 3 nitrogen and oxygen atoms in total. The van der Waals surface area contributed by atoms with Gasteiger partial charge < -0.3 is 15.2 Å². The molecule has 0 radical (unpaired) electrons. The molecule has 0 atom stereocenters. The minimum Gasteiger partial charge on any atom is -0.508 e. The summed E-state index contributed by atoms with van der Waals surface area (Å²) in [6.07, 6.45) is 2.38. The van der Waals surface area contributed by atoms with Gasteiger partial charge in [0.15, 0.2) is 0 Å². The molecule has 2 N–H and O–H groups in total. The average molecular weight is 207 g/mol. The largest absolute Gasteiger partial charge is 0.508 e. The number of phenols is 1. The topological polar surface area (TPSA) is 41.5 Å². The molecule has 0 saturated heterocycles. The monoisotopic (exact) mass is 207 g/mol. The maximum atomic E-state index is 9.47. The standard InChI is InChI=1S/C12H17NO2/c1-2-15-9-5-8-13-10-11-6-3-4-7-12(11)14/h2-4,6-7,13-14H,1,5,8-10H2. The molecule has 82 valence electrons. The van der Waals surface area contributed by atoms with Gasteiger partial charge in [0.05, 0.1) is 12.9 Å². The van der Waals surface area contributed by atoms with Crippen LogP contribution in [0.15, 0.2) is 37.1 Å². The number of rotatable bonds is 7. The van der Waals surface area contributed by atoms with Gasteiger partial charge in [0.2, 0.25) is 0 Å². The summed E-state index contributed by atoms with van der Waals surface area (Å²) >= 11 is 0. The van der Waals surface area contributed by atoms with Crippen LogP contribution >= 0.6 is 0 Å². The van der Waals surface area contributed by atoms with Crippen LogP contribution in [-0.4, -0.2) is 18.3 Å². The number of benzene rings is 1. The van der Waals surface area contributed by atoms with Crippen LogP contribution in [0.3, 0.4) is 0 Å². The average Bonchev–Trinajstić information content (AvgIpc) is 2.25. The van der Waals surface area contributed by atoms with Crippen molar-refractivity contribution in [3.05, 3.63) is 42.7 Å². The number of para-hydroxylation sites is 1. The van der Waals surface area contributed by atoms with E-state index in [2.05, 4.69) is 11.9 Å². The SMILES string of the molecule is C=COCCCNCc1ccccc1O. The molecule has 0 heterocycles. The summed E-state index contributed by atoms with van der Waals surface area (Å²) in [7, 11) is 0. The number of nitrogens with one attached hydrogen (secondary N) is 1. The zero-order valence-electron chi connectivity index (χ0n) is 8.78. The normalized spacial score (nSPS) is 9.87. The van der Waals surface area contributed by atoms with Gasteiger partial charge in [0, 0.05) is 12.1 Å². The minimum atomic E-state index is 0.340. The van der Waals surface area contributed by atoms with Gasteiger partial charge in [-0.25, -0.2) is 0 Å². The number of aromatic hydroxyl groups is 1. The Kier molecular flexibility index (Phi) is 5.33. The first-order valence-electron chi connectivity index (χ1n) is 5.04. The minimum absolute atomic E-state index is 0.340. The van der Waals surface area contributed by atoms with E-state index in [0.29, 0.717) is 18.9 Å². The van der Waals surface area contributed by atoms with E-state index < -0.39 is 0 Å².